The zero-order valence-corrected chi connectivity index (χ0v) is 13.3. The van der Waals surface area contributed by atoms with Crippen molar-refractivity contribution in [1.29, 1.82) is 5.26 Å². The fourth-order valence-corrected chi connectivity index (χ4v) is 2.38. The maximum atomic E-state index is 12.4. The summed E-state index contributed by atoms with van der Waals surface area (Å²) in [6, 6.07) is 8.91. The number of carbonyl (C=O) groups excluding carboxylic acids is 1. The number of nitrogens with two attached hydrogens (primary N) is 1. The second-order valence-electron chi connectivity index (χ2n) is 4.92. The number of nitriles is 1. The quantitative estimate of drug-likeness (QED) is 0.891. The van der Waals surface area contributed by atoms with Crippen molar-refractivity contribution in [2.75, 3.05) is 11.1 Å². The molecule has 3 N–H and O–H groups in total. The van der Waals surface area contributed by atoms with Crippen LogP contribution in [0.5, 0.6) is 0 Å². The summed E-state index contributed by atoms with van der Waals surface area (Å²) in [6.07, 6.45) is 1.73. The molecule has 2 rings (SSSR count). The predicted molar refractivity (Wildman–Crippen MR) is 86.0 cm³/mol. The molecule has 21 heavy (non-hydrogen) atoms. The van der Waals surface area contributed by atoms with E-state index < -0.39 is 0 Å². The zero-order chi connectivity index (χ0) is 15.6. The van der Waals surface area contributed by atoms with Gasteiger partial charge in [0, 0.05) is 16.7 Å². The highest BCUT2D eigenvalue weighted by Gasteiger charge is 2.16. The summed E-state index contributed by atoms with van der Waals surface area (Å²) in [4.78, 5) is 12.4. The van der Waals surface area contributed by atoms with E-state index in [1.807, 2.05) is 13.8 Å². The molecular weight excluding hydrogens is 332 g/mol. The van der Waals surface area contributed by atoms with Crippen LogP contribution in [0.4, 0.5) is 11.4 Å². The maximum absolute atomic E-state index is 12.4. The molecular formula is C15H15BrN4O. The standard InChI is InChI=1S/C15H15BrN4O/c1-9(2)20-8-12(18)6-14(20)15(21)19-13-4-3-11(16)5-10(13)7-17/h3-6,8-9H,18H2,1-2H3,(H,19,21). The number of rotatable bonds is 3. The molecule has 108 valence electrons. The Bertz CT molecular complexity index is 728. The first-order valence-electron chi connectivity index (χ1n) is 6.40. The van der Waals surface area contributed by atoms with Crippen LogP contribution in [-0.2, 0) is 0 Å². The normalized spacial score (nSPS) is 10.4. The Hall–Kier alpha value is -2.26. The van der Waals surface area contributed by atoms with E-state index in [4.69, 9.17) is 11.0 Å². The van der Waals surface area contributed by atoms with Crippen molar-refractivity contribution in [2.24, 2.45) is 0 Å². The zero-order valence-electron chi connectivity index (χ0n) is 11.7. The lowest BCUT2D eigenvalue weighted by Gasteiger charge is -2.13. The minimum absolute atomic E-state index is 0.114. The fourth-order valence-electron chi connectivity index (χ4n) is 2.01. The van der Waals surface area contributed by atoms with Crippen molar-refractivity contribution in [2.45, 2.75) is 19.9 Å². The maximum Gasteiger partial charge on any atom is 0.272 e. The highest BCUT2D eigenvalue weighted by molar-refractivity contribution is 9.10. The molecule has 0 atom stereocenters. The number of amides is 1. The van der Waals surface area contributed by atoms with Gasteiger partial charge in [-0.25, -0.2) is 0 Å². The largest absolute Gasteiger partial charge is 0.397 e. The van der Waals surface area contributed by atoms with Gasteiger partial charge < -0.3 is 15.6 Å². The first-order valence-corrected chi connectivity index (χ1v) is 7.20. The Morgan fingerprint density at radius 3 is 2.76 bits per heavy atom. The first-order chi connectivity index (χ1) is 9.92. The van der Waals surface area contributed by atoms with Gasteiger partial charge in [-0.05, 0) is 38.1 Å². The van der Waals surface area contributed by atoms with Crippen LogP contribution in [0.25, 0.3) is 0 Å². The van der Waals surface area contributed by atoms with Crippen LogP contribution in [0.1, 0.15) is 35.9 Å². The number of hydrogen-bond donors (Lipinski definition) is 2. The lowest BCUT2D eigenvalue weighted by molar-refractivity contribution is 0.101. The fraction of sp³-hybridized carbons (Fsp3) is 0.200. The molecule has 0 saturated heterocycles. The molecule has 1 amide bonds. The summed E-state index contributed by atoms with van der Waals surface area (Å²) in [5.41, 5.74) is 7.63. The smallest absolute Gasteiger partial charge is 0.272 e. The van der Waals surface area contributed by atoms with E-state index >= 15 is 0 Å². The van der Waals surface area contributed by atoms with Crippen molar-refractivity contribution in [3.05, 3.63) is 46.2 Å². The number of anilines is 2. The van der Waals surface area contributed by atoms with E-state index in [0.29, 0.717) is 22.6 Å². The van der Waals surface area contributed by atoms with Crippen LogP contribution < -0.4 is 11.1 Å². The van der Waals surface area contributed by atoms with E-state index in [2.05, 4.69) is 27.3 Å². The molecule has 0 aliphatic carbocycles. The second-order valence-corrected chi connectivity index (χ2v) is 5.83. The number of aromatic nitrogens is 1. The Morgan fingerprint density at radius 1 is 1.43 bits per heavy atom. The number of nitrogen functional groups attached to an aromatic ring is 1. The molecule has 1 aromatic carbocycles. The summed E-state index contributed by atoms with van der Waals surface area (Å²) in [7, 11) is 0. The first kappa shape index (κ1) is 15.1. The number of halogens is 1. The van der Waals surface area contributed by atoms with Gasteiger partial charge in [0.1, 0.15) is 11.8 Å². The van der Waals surface area contributed by atoms with E-state index in [0.717, 1.165) is 4.47 Å². The van der Waals surface area contributed by atoms with Crippen molar-refractivity contribution in [3.8, 4) is 6.07 Å². The Balaban J connectivity index is 2.33. The molecule has 0 saturated carbocycles. The number of benzene rings is 1. The molecule has 0 fully saturated rings. The third-order valence-corrected chi connectivity index (χ3v) is 3.50. The van der Waals surface area contributed by atoms with Gasteiger partial charge in [0.15, 0.2) is 0 Å². The SMILES string of the molecule is CC(C)n1cc(N)cc1C(=O)Nc1ccc(Br)cc1C#N. The van der Waals surface area contributed by atoms with Crippen molar-refractivity contribution >= 4 is 33.2 Å². The second kappa shape index (κ2) is 6.02. The minimum atomic E-state index is -0.292. The van der Waals surface area contributed by atoms with Gasteiger partial charge in [0.25, 0.3) is 5.91 Å². The van der Waals surface area contributed by atoms with Gasteiger partial charge in [0.2, 0.25) is 0 Å². The average molecular weight is 347 g/mol. The van der Waals surface area contributed by atoms with Crippen LogP contribution in [0, 0.1) is 11.3 Å². The molecule has 6 heteroatoms. The molecule has 0 spiro atoms. The predicted octanol–water partition coefficient (Wildman–Crippen LogP) is 3.54. The highest BCUT2D eigenvalue weighted by Crippen LogP contribution is 2.22. The van der Waals surface area contributed by atoms with Gasteiger partial charge in [-0.3, -0.25) is 4.79 Å². The Labute approximate surface area is 131 Å². The number of nitrogens with zero attached hydrogens (tertiary/aromatic N) is 2. The number of hydrogen-bond acceptors (Lipinski definition) is 3. The molecule has 0 aliphatic rings. The molecule has 2 aromatic rings. The lowest BCUT2D eigenvalue weighted by atomic mass is 10.2. The van der Waals surface area contributed by atoms with Crippen LogP contribution in [-0.4, -0.2) is 10.5 Å². The third-order valence-electron chi connectivity index (χ3n) is 3.01. The summed E-state index contributed by atoms with van der Waals surface area (Å²) in [5.74, 6) is -0.292. The topological polar surface area (TPSA) is 83.8 Å². The summed E-state index contributed by atoms with van der Waals surface area (Å²) in [6.45, 7) is 3.94. The van der Waals surface area contributed by atoms with Crippen LogP contribution in [0.15, 0.2) is 34.9 Å². The summed E-state index contributed by atoms with van der Waals surface area (Å²) < 4.78 is 2.59. The van der Waals surface area contributed by atoms with Crippen molar-refractivity contribution in [1.82, 2.24) is 4.57 Å². The monoisotopic (exact) mass is 346 g/mol. The lowest BCUT2D eigenvalue weighted by Crippen LogP contribution is -2.18. The van der Waals surface area contributed by atoms with Crippen LogP contribution in [0.2, 0.25) is 0 Å². The molecule has 0 aliphatic heterocycles. The van der Waals surface area contributed by atoms with E-state index in [-0.39, 0.29) is 11.9 Å². The van der Waals surface area contributed by atoms with Crippen molar-refractivity contribution < 1.29 is 4.79 Å². The van der Waals surface area contributed by atoms with Crippen LogP contribution in [0.3, 0.4) is 0 Å². The van der Waals surface area contributed by atoms with E-state index in [1.165, 1.54) is 0 Å². The van der Waals surface area contributed by atoms with Crippen LogP contribution >= 0.6 is 15.9 Å². The molecule has 1 heterocycles. The average Bonchev–Trinajstić information content (AvgIpc) is 2.83. The Morgan fingerprint density at radius 2 is 2.14 bits per heavy atom. The van der Waals surface area contributed by atoms with E-state index in [1.54, 1.807) is 35.0 Å². The Kier molecular flexibility index (Phi) is 4.34. The van der Waals surface area contributed by atoms with E-state index in [9.17, 15) is 4.79 Å². The molecule has 0 unspecified atom stereocenters. The molecule has 1 aromatic heterocycles. The van der Waals surface area contributed by atoms with Gasteiger partial charge in [-0.15, -0.1) is 0 Å². The summed E-state index contributed by atoms with van der Waals surface area (Å²) in [5, 5.41) is 11.9. The van der Waals surface area contributed by atoms with Gasteiger partial charge in [-0.1, -0.05) is 15.9 Å². The number of carbonyl (C=O) groups is 1. The highest BCUT2D eigenvalue weighted by atomic mass is 79.9. The summed E-state index contributed by atoms with van der Waals surface area (Å²) >= 11 is 3.30. The molecule has 0 bridgehead atoms. The van der Waals surface area contributed by atoms with Gasteiger partial charge in [-0.2, -0.15) is 5.26 Å². The third kappa shape index (κ3) is 3.26. The van der Waals surface area contributed by atoms with Gasteiger partial charge >= 0.3 is 0 Å². The molecule has 5 nitrogen and oxygen atoms in total. The minimum Gasteiger partial charge on any atom is -0.397 e. The van der Waals surface area contributed by atoms with Crippen molar-refractivity contribution in [3.63, 3.8) is 0 Å². The van der Waals surface area contributed by atoms with Gasteiger partial charge in [0.05, 0.1) is 16.9 Å². The molecule has 0 radical (unpaired) electrons. The number of nitrogens with one attached hydrogen (secondary N) is 1.